The van der Waals surface area contributed by atoms with Crippen molar-refractivity contribution in [1.29, 1.82) is 0 Å². The molecule has 1 atom stereocenters. The van der Waals surface area contributed by atoms with Gasteiger partial charge in [0.25, 0.3) is 0 Å². The fourth-order valence-corrected chi connectivity index (χ4v) is 2.17. The minimum atomic E-state index is -1.29. The van der Waals surface area contributed by atoms with Crippen LogP contribution in [0, 0.1) is 11.5 Å². The van der Waals surface area contributed by atoms with E-state index in [1.54, 1.807) is 0 Å². The van der Waals surface area contributed by atoms with Gasteiger partial charge in [-0.1, -0.05) is 62.0 Å². The number of hydrogen-bond acceptors (Lipinski definition) is 1. The lowest BCUT2D eigenvalue weighted by Crippen LogP contribution is -2.16. The molecule has 0 heterocycles. The van der Waals surface area contributed by atoms with Crippen molar-refractivity contribution in [2.75, 3.05) is 6.61 Å². The van der Waals surface area contributed by atoms with Crippen molar-refractivity contribution in [1.82, 2.24) is 0 Å². The lowest BCUT2D eigenvalue weighted by atomic mass is 10.1. The van der Waals surface area contributed by atoms with Crippen molar-refractivity contribution in [3.63, 3.8) is 0 Å². The molecule has 1 nitrogen and oxygen atoms in total. The summed E-state index contributed by atoms with van der Waals surface area (Å²) in [5.74, 6) is 3.14. The first-order valence-corrected chi connectivity index (χ1v) is 9.80. The Morgan fingerprint density at radius 2 is 1.94 bits per heavy atom. The first kappa shape index (κ1) is 14.8. The molecule has 0 aliphatic rings. The van der Waals surface area contributed by atoms with Crippen molar-refractivity contribution >= 4 is 8.07 Å². The van der Waals surface area contributed by atoms with Gasteiger partial charge in [-0.2, -0.15) is 0 Å². The lowest BCUT2D eigenvalue weighted by Gasteiger charge is -2.15. The molecule has 1 aromatic carbocycles. The third kappa shape index (κ3) is 5.86. The number of hydrogen-bond donors (Lipinski definition) is 0. The average Bonchev–Trinajstić information content (AvgIpc) is 2.33. The highest BCUT2D eigenvalue weighted by molar-refractivity contribution is 6.83. The maximum Gasteiger partial charge on any atom is 0.129 e. The summed E-state index contributed by atoms with van der Waals surface area (Å²) in [4.78, 5) is 0. The molecule has 0 saturated heterocycles. The molecule has 0 bridgehead atoms. The molecule has 0 N–H and O–H groups in total. The first-order valence-electron chi connectivity index (χ1n) is 6.30. The van der Waals surface area contributed by atoms with Crippen LogP contribution in [-0.2, 0) is 4.74 Å². The molecule has 0 spiro atoms. The Morgan fingerprint density at radius 1 is 1.28 bits per heavy atom. The third-order valence-corrected chi connectivity index (χ3v) is 3.30. The van der Waals surface area contributed by atoms with Crippen LogP contribution in [-0.4, -0.2) is 14.7 Å². The van der Waals surface area contributed by atoms with Gasteiger partial charge in [0.2, 0.25) is 0 Å². The SMILES string of the molecule is C=CCC(OCC#C[Si](C)(C)C)c1ccccc1. The predicted octanol–water partition coefficient (Wildman–Crippen LogP) is 4.20. The van der Waals surface area contributed by atoms with Gasteiger partial charge < -0.3 is 4.74 Å². The van der Waals surface area contributed by atoms with Crippen LogP contribution in [0.2, 0.25) is 19.6 Å². The van der Waals surface area contributed by atoms with Crippen molar-refractivity contribution < 1.29 is 4.74 Å². The summed E-state index contributed by atoms with van der Waals surface area (Å²) >= 11 is 0. The summed E-state index contributed by atoms with van der Waals surface area (Å²) in [5, 5.41) is 0. The summed E-state index contributed by atoms with van der Waals surface area (Å²) in [6.45, 7) is 11.0. The molecule has 0 aromatic heterocycles. The summed E-state index contributed by atoms with van der Waals surface area (Å²) in [6, 6.07) is 10.2. The van der Waals surface area contributed by atoms with Crippen LogP contribution in [0.25, 0.3) is 0 Å². The van der Waals surface area contributed by atoms with E-state index in [1.807, 2.05) is 24.3 Å². The molecular weight excluding hydrogens is 236 g/mol. The van der Waals surface area contributed by atoms with Gasteiger partial charge in [-0.25, -0.2) is 0 Å². The fourth-order valence-electron chi connectivity index (χ4n) is 1.56. The Kier molecular flexibility index (Phi) is 5.90. The van der Waals surface area contributed by atoms with E-state index in [1.165, 1.54) is 5.56 Å². The van der Waals surface area contributed by atoms with Crippen LogP contribution in [0.5, 0.6) is 0 Å². The number of rotatable bonds is 5. The summed E-state index contributed by atoms with van der Waals surface area (Å²) < 4.78 is 5.84. The zero-order valence-corrected chi connectivity index (χ0v) is 12.6. The fraction of sp³-hybridized carbons (Fsp3) is 0.375. The Labute approximate surface area is 112 Å². The van der Waals surface area contributed by atoms with Gasteiger partial charge in [0, 0.05) is 0 Å². The minimum Gasteiger partial charge on any atom is -0.361 e. The lowest BCUT2D eigenvalue weighted by molar-refractivity contribution is 0.0803. The molecular formula is C16H22OSi. The van der Waals surface area contributed by atoms with E-state index in [0.29, 0.717) is 6.61 Å². The van der Waals surface area contributed by atoms with Crippen LogP contribution in [0.1, 0.15) is 18.1 Å². The van der Waals surface area contributed by atoms with Gasteiger partial charge in [0.05, 0.1) is 6.10 Å². The highest BCUT2D eigenvalue weighted by Crippen LogP contribution is 2.20. The molecule has 0 amide bonds. The van der Waals surface area contributed by atoms with Gasteiger partial charge in [0.1, 0.15) is 14.7 Å². The molecule has 0 aliphatic carbocycles. The van der Waals surface area contributed by atoms with E-state index in [-0.39, 0.29) is 6.10 Å². The quantitative estimate of drug-likeness (QED) is 0.437. The second kappa shape index (κ2) is 7.20. The van der Waals surface area contributed by atoms with Crippen LogP contribution >= 0.6 is 0 Å². The van der Waals surface area contributed by atoms with E-state index in [4.69, 9.17) is 4.74 Å². The summed E-state index contributed by atoms with van der Waals surface area (Å²) in [6.07, 6.45) is 2.78. The van der Waals surface area contributed by atoms with Gasteiger partial charge in [-0.3, -0.25) is 0 Å². The van der Waals surface area contributed by atoms with Crippen LogP contribution < -0.4 is 0 Å². The van der Waals surface area contributed by atoms with E-state index in [9.17, 15) is 0 Å². The van der Waals surface area contributed by atoms with E-state index >= 15 is 0 Å². The van der Waals surface area contributed by atoms with Crippen molar-refractivity contribution in [2.45, 2.75) is 32.2 Å². The first-order chi connectivity index (χ1) is 8.53. The van der Waals surface area contributed by atoms with Crippen molar-refractivity contribution in [2.24, 2.45) is 0 Å². The Bertz CT molecular complexity index is 420. The Morgan fingerprint density at radius 3 is 2.50 bits per heavy atom. The maximum absolute atomic E-state index is 5.84. The Hall–Kier alpha value is -1.30. The highest BCUT2D eigenvalue weighted by Gasteiger charge is 2.10. The van der Waals surface area contributed by atoms with E-state index in [2.05, 4.69) is 49.8 Å². The molecule has 0 fully saturated rings. The largest absolute Gasteiger partial charge is 0.361 e. The molecule has 1 rings (SSSR count). The minimum absolute atomic E-state index is 0.0691. The average molecular weight is 258 g/mol. The third-order valence-electron chi connectivity index (χ3n) is 2.37. The highest BCUT2D eigenvalue weighted by atomic mass is 28.3. The summed E-state index contributed by atoms with van der Waals surface area (Å²) in [7, 11) is -1.29. The van der Waals surface area contributed by atoms with Crippen LogP contribution in [0.15, 0.2) is 43.0 Å². The second-order valence-corrected chi connectivity index (χ2v) is 10.0. The van der Waals surface area contributed by atoms with Gasteiger partial charge in [-0.15, -0.1) is 12.1 Å². The predicted molar refractivity (Wildman–Crippen MR) is 81.1 cm³/mol. The van der Waals surface area contributed by atoms with Crippen molar-refractivity contribution in [3.05, 3.63) is 48.6 Å². The monoisotopic (exact) mass is 258 g/mol. The smallest absolute Gasteiger partial charge is 0.129 e. The van der Waals surface area contributed by atoms with Crippen LogP contribution in [0.3, 0.4) is 0 Å². The molecule has 18 heavy (non-hydrogen) atoms. The zero-order valence-electron chi connectivity index (χ0n) is 11.6. The maximum atomic E-state index is 5.84. The second-order valence-electron chi connectivity index (χ2n) is 5.29. The van der Waals surface area contributed by atoms with Crippen molar-refractivity contribution in [3.8, 4) is 11.5 Å². The topological polar surface area (TPSA) is 9.23 Å². The molecule has 0 aliphatic heterocycles. The molecule has 96 valence electrons. The molecule has 1 aromatic rings. The Balaban J connectivity index is 2.59. The van der Waals surface area contributed by atoms with E-state index < -0.39 is 8.07 Å². The van der Waals surface area contributed by atoms with Gasteiger partial charge >= 0.3 is 0 Å². The summed E-state index contributed by atoms with van der Waals surface area (Å²) in [5.41, 5.74) is 4.50. The molecule has 0 radical (unpaired) electrons. The van der Waals surface area contributed by atoms with Gasteiger partial charge in [0.15, 0.2) is 0 Å². The number of benzene rings is 1. The number of ether oxygens (including phenoxy) is 1. The van der Waals surface area contributed by atoms with Gasteiger partial charge in [-0.05, 0) is 12.0 Å². The standard InChI is InChI=1S/C16H22OSi/c1-5-10-16(15-11-7-6-8-12-15)17-13-9-14-18(2,3)4/h5-8,11-12,16H,1,10,13H2,2-4H3. The zero-order chi connectivity index (χ0) is 13.4. The molecule has 1 unspecified atom stereocenters. The molecule has 2 heteroatoms. The van der Waals surface area contributed by atoms with E-state index in [0.717, 1.165) is 6.42 Å². The molecule has 0 saturated carbocycles. The van der Waals surface area contributed by atoms with Crippen LogP contribution in [0.4, 0.5) is 0 Å². The normalized spacial score (nSPS) is 12.4.